The number of ether oxygens (including phenoxy) is 1. The third-order valence-corrected chi connectivity index (χ3v) is 4.49. The Morgan fingerprint density at radius 3 is 2.72 bits per heavy atom. The van der Waals surface area contributed by atoms with Crippen LogP contribution in [0.25, 0.3) is 5.69 Å². The smallest absolute Gasteiger partial charge is 0.128 e. The lowest BCUT2D eigenvalue weighted by atomic mass is 10.1. The van der Waals surface area contributed by atoms with Crippen molar-refractivity contribution < 1.29 is 4.74 Å². The van der Waals surface area contributed by atoms with E-state index < -0.39 is 0 Å². The van der Waals surface area contributed by atoms with E-state index in [4.69, 9.17) is 10.5 Å². The Bertz CT molecular complexity index is 804. The highest BCUT2D eigenvalue weighted by Crippen LogP contribution is 2.24. The number of rotatable bonds is 5. The molecule has 1 fully saturated rings. The van der Waals surface area contributed by atoms with Gasteiger partial charge in [-0.3, -0.25) is 0 Å². The number of anilines is 1. The molecule has 0 spiro atoms. The van der Waals surface area contributed by atoms with Crippen LogP contribution in [0.2, 0.25) is 0 Å². The highest BCUT2D eigenvalue weighted by Gasteiger charge is 2.19. The Balaban J connectivity index is 1.40. The van der Waals surface area contributed by atoms with Gasteiger partial charge in [-0.15, -0.1) is 5.10 Å². The molecule has 3 aromatic rings. The average molecular weight is 339 g/mol. The first-order chi connectivity index (χ1) is 12.3. The van der Waals surface area contributed by atoms with E-state index in [1.165, 1.54) is 0 Å². The van der Waals surface area contributed by atoms with Crippen LogP contribution in [0.15, 0.2) is 42.9 Å². The second kappa shape index (κ2) is 6.94. The van der Waals surface area contributed by atoms with Crippen molar-refractivity contribution in [2.45, 2.75) is 25.5 Å². The maximum Gasteiger partial charge on any atom is 0.128 e. The van der Waals surface area contributed by atoms with Crippen LogP contribution in [0.4, 0.5) is 5.82 Å². The van der Waals surface area contributed by atoms with Gasteiger partial charge in [0.25, 0.3) is 0 Å². The summed E-state index contributed by atoms with van der Waals surface area (Å²) in [6.07, 6.45) is 7.35. The quantitative estimate of drug-likeness (QED) is 0.732. The number of piperidine rings is 1. The summed E-state index contributed by atoms with van der Waals surface area (Å²) in [4.78, 5) is 0. The van der Waals surface area contributed by atoms with E-state index in [0.29, 0.717) is 18.5 Å². The molecule has 1 aliphatic heterocycles. The number of nitrogens with two attached hydrogens (primary N) is 1. The minimum atomic E-state index is 0.372. The second-order valence-electron chi connectivity index (χ2n) is 6.11. The number of nitrogen functional groups attached to an aromatic ring is 1. The van der Waals surface area contributed by atoms with Gasteiger partial charge in [0.05, 0.1) is 35.9 Å². The predicted molar refractivity (Wildman–Crippen MR) is 93.5 cm³/mol. The molecule has 0 aliphatic carbocycles. The van der Waals surface area contributed by atoms with Crippen molar-refractivity contribution in [3.63, 3.8) is 0 Å². The summed E-state index contributed by atoms with van der Waals surface area (Å²) in [6.45, 7) is 2.42. The van der Waals surface area contributed by atoms with Gasteiger partial charge in [0.15, 0.2) is 0 Å². The minimum absolute atomic E-state index is 0.372. The molecule has 2 aromatic heterocycles. The summed E-state index contributed by atoms with van der Waals surface area (Å²) < 4.78 is 9.49. The number of nitrogens with zero attached hydrogens (tertiary/aromatic N) is 5. The Kier molecular flexibility index (Phi) is 4.34. The average Bonchev–Trinajstić information content (AvgIpc) is 3.31. The number of hydrogen-bond donors (Lipinski definition) is 2. The zero-order chi connectivity index (χ0) is 17.1. The molecule has 0 bridgehead atoms. The first-order valence-electron chi connectivity index (χ1n) is 8.43. The largest absolute Gasteiger partial charge is 0.489 e. The van der Waals surface area contributed by atoms with Gasteiger partial charge in [-0.05, 0) is 50.2 Å². The SMILES string of the molecule is Nc1c(COc2ccc(-n3ccnn3)cc2)cnn1C1CCNCC1. The number of aromatic nitrogens is 5. The molecule has 0 atom stereocenters. The highest BCUT2D eigenvalue weighted by molar-refractivity contribution is 5.40. The van der Waals surface area contributed by atoms with E-state index in [-0.39, 0.29) is 0 Å². The number of nitrogens with one attached hydrogen (secondary N) is 1. The molecule has 3 N–H and O–H groups in total. The molecule has 4 rings (SSSR count). The zero-order valence-corrected chi connectivity index (χ0v) is 13.9. The van der Waals surface area contributed by atoms with Crippen LogP contribution in [-0.4, -0.2) is 37.9 Å². The maximum absolute atomic E-state index is 6.27. The first-order valence-corrected chi connectivity index (χ1v) is 8.43. The van der Waals surface area contributed by atoms with Crippen LogP contribution >= 0.6 is 0 Å². The summed E-state index contributed by atoms with van der Waals surface area (Å²) in [7, 11) is 0. The van der Waals surface area contributed by atoms with Crippen LogP contribution in [0, 0.1) is 0 Å². The molecule has 1 aromatic carbocycles. The van der Waals surface area contributed by atoms with Gasteiger partial charge in [-0.25, -0.2) is 9.36 Å². The molecule has 8 nitrogen and oxygen atoms in total. The van der Waals surface area contributed by atoms with Gasteiger partial charge in [0, 0.05) is 0 Å². The van der Waals surface area contributed by atoms with E-state index in [9.17, 15) is 0 Å². The third-order valence-electron chi connectivity index (χ3n) is 4.49. The fourth-order valence-electron chi connectivity index (χ4n) is 3.06. The van der Waals surface area contributed by atoms with Crippen molar-refractivity contribution in [2.24, 2.45) is 0 Å². The second-order valence-corrected chi connectivity index (χ2v) is 6.11. The van der Waals surface area contributed by atoms with E-state index in [0.717, 1.165) is 42.9 Å². The van der Waals surface area contributed by atoms with Crippen LogP contribution in [0.3, 0.4) is 0 Å². The molecule has 3 heterocycles. The topological polar surface area (TPSA) is 95.8 Å². The molecule has 0 radical (unpaired) electrons. The predicted octanol–water partition coefficient (Wildman–Crippen LogP) is 1.55. The van der Waals surface area contributed by atoms with Crippen molar-refractivity contribution in [3.8, 4) is 11.4 Å². The Hall–Kier alpha value is -2.87. The molecule has 1 aliphatic rings. The standard InChI is InChI=1S/C17H21N7O/c18-17-13(11-21-24(17)15-5-7-19-8-6-15)12-25-16-3-1-14(2-4-16)23-10-9-20-22-23/h1-4,9-11,15,19H,5-8,12,18H2. The van der Waals surface area contributed by atoms with Gasteiger partial charge >= 0.3 is 0 Å². The molecule has 25 heavy (non-hydrogen) atoms. The summed E-state index contributed by atoms with van der Waals surface area (Å²) in [6, 6.07) is 8.06. The number of hydrogen-bond acceptors (Lipinski definition) is 6. The Morgan fingerprint density at radius 2 is 2.00 bits per heavy atom. The molecular formula is C17H21N7O. The van der Waals surface area contributed by atoms with Gasteiger partial charge in [-0.1, -0.05) is 5.21 Å². The lowest BCUT2D eigenvalue weighted by molar-refractivity contribution is 0.306. The minimum Gasteiger partial charge on any atom is -0.489 e. The molecule has 0 saturated carbocycles. The summed E-state index contributed by atoms with van der Waals surface area (Å²) in [5.74, 6) is 1.48. The fourth-order valence-corrected chi connectivity index (χ4v) is 3.06. The summed E-state index contributed by atoms with van der Waals surface area (Å²) >= 11 is 0. The molecule has 0 amide bonds. The summed E-state index contributed by atoms with van der Waals surface area (Å²) in [5.41, 5.74) is 8.12. The van der Waals surface area contributed by atoms with Crippen molar-refractivity contribution in [1.29, 1.82) is 0 Å². The molecule has 1 saturated heterocycles. The van der Waals surface area contributed by atoms with E-state index in [2.05, 4.69) is 20.7 Å². The van der Waals surface area contributed by atoms with E-state index >= 15 is 0 Å². The molecule has 8 heteroatoms. The van der Waals surface area contributed by atoms with Crippen molar-refractivity contribution in [2.75, 3.05) is 18.8 Å². The lowest BCUT2D eigenvalue weighted by Gasteiger charge is -2.23. The molecule has 0 unspecified atom stereocenters. The van der Waals surface area contributed by atoms with Gasteiger partial charge in [0.1, 0.15) is 18.2 Å². The summed E-state index contributed by atoms with van der Waals surface area (Å²) in [5, 5.41) is 15.6. The Morgan fingerprint density at radius 1 is 1.20 bits per heavy atom. The first kappa shape index (κ1) is 15.6. The molecule has 130 valence electrons. The normalized spacial score (nSPS) is 15.4. The third kappa shape index (κ3) is 3.34. The van der Waals surface area contributed by atoms with Gasteiger partial charge < -0.3 is 15.8 Å². The van der Waals surface area contributed by atoms with Crippen LogP contribution in [0.5, 0.6) is 5.75 Å². The van der Waals surface area contributed by atoms with Crippen molar-refractivity contribution >= 4 is 5.82 Å². The monoisotopic (exact) mass is 339 g/mol. The Labute approximate surface area is 145 Å². The number of benzene rings is 1. The lowest BCUT2D eigenvalue weighted by Crippen LogP contribution is -2.30. The van der Waals surface area contributed by atoms with Gasteiger partial charge in [-0.2, -0.15) is 5.10 Å². The van der Waals surface area contributed by atoms with Crippen LogP contribution < -0.4 is 15.8 Å². The fraction of sp³-hybridized carbons (Fsp3) is 0.353. The van der Waals surface area contributed by atoms with E-state index in [1.54, 1.807) is 23.3 Å². The van der Waals surface area contributed by atoms with Crippen molar-refractivity contribution in [3.05, 3.63) is 48.4 Å². The van der Waals surface area contributed by atoms with Gasteiger partial charge in [0.2, 0.25) is 0 Å². The maximum atomic E-state index is 6.27. The van der Waals surface area contributed by atoms with Crippen LogP contribution in [-0.2, 0) is 6.61 Å². The van der Waals surface area contributed by atoms with Crippen LogP contribution in [0.1, 0.15) is 24.4 Å². The zero-order valence-electron chi connectivity index (χ0n) is 13.9. The highest BCUT2D eigenvalue weighted by atomic mass is 16.5. The molecular weight excluding hydrogens is 318 g/mol. The van der Waals surface area contributed by atoms with Crippen molar-refractivity contribution in [1.82, 2.24) is 30.1 Å². The van der Waals surface area contributed by atoms with E-state index in [1.807, 2.05) is 28.9 Å².